The molecule has 3 aromatic rings. The fraction of sp³-hybridized carbons (Fsp3) is 0.208. The number of carbonyl (C=O) groups excluding carboxylic acids is 3. The molecule has 0 spiro atoms. The summed E-state index contributed by atoms with van der Waals surface area (Å²) in [5, 5.41) is 7.73. The third kappa shape index (κ3) is 3.59. The van der Waals surface area contributed by atoms with E-state index in [4.69, 9.17) is 0 Å². The van der Waals surface area contributed by atoms with Crippen molar-refractivity contribution in [3.8, 4) is 0 Å². The van der Waals surface area contributed by atoms with E-state index in [0.29, 0.717) is 25.3 Å². The van der Waals surface area contributed by atoms with Gasteiger partial charge in [-0.15, -0.1) is 0 Å². The molecule has 2 heterocycles. The fourth-order valence-corrected chi connectivity index (χ4v) is 4.25. The van der Waals surface area contributed by atoms with Crippen molar-refractivity contribution >= 4 is 45.7 Å². The first-order valence-corrected chi connectivity index (χ1v) is 10.3. The molecule has 2 aliphatic heterocycles. The van der Waals surface area contributed by atoms with Crippen molar-refractivity contribution in [1.82, 2.24) is 5.32 Å². The number of hydrogen-bond acceptors (Lipinski definition) is 3. The van der Waals surface area contributed by atoms with Crippen molar-refractivity contribution in [1.29, 1.82) is 0 Å². The molecule has 156 valence electrons. The van der Waals surface area contributed by atoms with Gasteiger partial charge in [0.15, 0.2) is 0 Å². The second kappa shape index (κ2) is 7.75. The van der Waals surface area contributed by atoms with E-state index in [2.05, 4.69) is 10.6 Å². The van der Waals surface area contributed by atoms with Gasteiger partial charge in [-0.1, -0.05) is 36.4 Å². The zero-order chi connectivity index (χ0) is 21.4. The zero-order valence-corrected chi connectivity index (χ0v) is 16.9. The van der Waals surface area contributed by atoms with Crippen LogP contribution in [0.15, 0.2) is 66.7 Å². The van der Waals surface area contributed by atoms with Crippen molar-refractivity contribution in [3.05, 3.63) is 66.7 Å². The number of carbonyl (C=O) groups is 3. The summed E-state index contributed by atoms with van der Waals surface area (Å²) in [6, 6.07) is 20.8. The first-order valence-electron chi connectivity index (χ1n) is 10.3. The van der Waals surface area contributed by atoms with Gasteiger partial charge in [0.25, 0.3) is 0 Å². The quantitative estimate of drug-likeness (QED) is 0.687. The van der Waals surface area contributed by atoms with Crippen LogP contribution in [0.4, 0.5) is 21.9 Å². The smallest absolute Gasteiger partial charge is 0.321 e. The Morgan fingerprint density at radius 1 is 0.935 bits per heavy atom. The molecule has 5 rings (SSSR count). The molecule has 0 radical (unpaired) electrons. The molecule has 0 aromatic heterocycles. The van der Waals surface area contributed by atoms with Gasteiger partial charge in [-0.3, -0.25) is 14.5 Å². The van der Waals surface area contributed by atoms with Crippen molar-refractivity contribution in [2.24, 2.45) is 5.92 Å². The first-order chi connectivity index (χ1) is 15.1. The number of anilines is 3. The Morgan fingerprint density at radius 2 is 1.71 bits per heavy atom. The van der Waals surface area contributed by atoms with Crippen LogP contribution in [-0.4, -0.2) is 37.5 Å². The van der Waals surface area contributed by atoms with Crippen molar-refractivity contribution in [2.75, 3.05) is 34.8 Å². The molecule has 0 bridgehead atoms. The maximum Gasteiger partial charge on any atom is 0.321 e. The van der Waals surface area contributed by atoms with Gasteiger partial charge < -0.3 is 15.5 Å². The van der Waals surface area contributed by atoms with Crippen LogP contribution >= 0.6 is 0 Å². The molecule has 2 saturated heterocycles. The Morgan fingerprint density at radius 3 is 2.48 bits per heavy atom. The summed E-state index contributed by atoms with van der Waals surface area (Å²) in [4.78, 5) is 40.7. The topological polar surface area (TPSA) is 81.8 Å². The lowest BCUT2D eigenvalue weighted by Crippen LogP contribution is -2.28. The minimum Gasteiger partial charge on any atom is -0.336 e. The lowest BCUT2D eigenvalue weighted by atomic mass is 10.1. The van der Waals surface area contributed by atoms with Crippen LogP contribution in [0.2, 0.25) is 0 Å². The van der Waals surface area contributed by atoms with E-state index < -0.39 is 5.92 Å². The second-order valence-electron chi connectivity index (χ2n) is 7.82. The minimum absolute atomic E-state index is 0.0492. The Kier molecular flexibility index (Phi) is 4.78. The normalized spacial score (nSPS) is 18.5. The molecular weight excluding hydrogens is 392 g/mol. The summed E-state index contributed by atoms with van der Waals surface area (Å²) in [6.07, 6.45) is 0.182. The average molecular weight is 414 g/mol. The van der Waals surface area contributed by atoms with E-state index in [1.165, 1.54) is 0 Å². The van der Waals surface area contributed by atoms with E-state index in [1.807, 2.05) is 54.6 Å². The highest BCUT2D eigenvalue weighted by Gasteiger charge is 2.35. The molecular formula is C24H22N4O3. The van der Waals surface area contributed by atoms with Gasteiger partial charge in [0.2, 0.25) is 11.8 Å². The molecule has 1 unspecified atom stereocenters. The molecule has 31 heavy (non-hydrogen) atoms. The molecule has 2 N–H and O–H groups in total. The highest BCUT2D eigenvalue weighted by atomic mass is 16.2. The molecule has 7 nitrogen and oxygen atoms in total. The van der Waals surface area contributed by atoms with E-state index >= 15 is 0 Å². The Hall–Kier alpha value is -3.87. The predicted octanol–water partition coefficient (Wildman–Crippen LogP) is 3.36. The number of fused-ring (bicyclic) bond motifs is 1. The van der Waals surface area contributed by atoms with Gasteiger partial charge in [-0.2, -0.15) is 0 Å². The van der Waals surface area contributed by atoms with Gasteiger partial charge in [0.1, 0.15) is 0 Å². The summed E-state index contributed by atoms with van der Waals surface area (Å²) in [6.45, 7) is 1.60. The molecule has 1 atom stereocenters. The van der Waals surface area contributed by atoms with Crippen LogP contribution in [0.5, 0.6) is 0 Å². The molecule has 2 aliphatic rings. The fourth-order valence-electron chi connectivity index (χ4n) is 4.25. The number of benzene rings is 3. The standard InChI is InChI=1S/C24H22N4O3/c29-22-14-17(15-28(22)21-7-3-5-16-4-1-2-6-20(16)21)23(30)26-18-8-10-19(11-9-18)27-13-12-25-24(27)31/h1-11,17H,12-15H2,(H,25,31)(H,26,30). The lowest BCUT2D eigenvalue weighted by molar-refractivity contribution is -0.122. The van der Waals surface area contributed by atoms with E-state index in [1.54, 1.807) is 21.9 Å². The lowest BCUT2D eigenvalue weighted by Gasteiger charge is -2.19. The third-order valence-electron chi connectivity index (χ3n) is 5.86. The van der Waals surface area contributed by atoms with Gasteiger partial charge >= 0.3 is 6.03 Å². The minimum atomic E-state index is -0.421. The van der Waals surface area contributed by atoms with Gasteiger partial charge in [-0.05, 0) is 35.7 Å². The number of hydrogen-bond donors (Lipinski definition) is 2. The number of amides is 4. The van der Waals surface area contributed by atoms with Crippen molar-refractivity contribution in [3.63, 3.8) is 0 Å². The Labute approximate surface area is 179 Å². The van der Waals surface area contributed by atoms with Crippen LogP contribution in [0.25, 0.3) is 10.8 Å². The van der Waals surface area contributed by atoms with Gasteiger partial charge in [0, 0.05) is 42.8 Å². The highest BCUT2D eigenvalue weighted by molar-refractivity contribution is 6.08. The molecule has 7 heteroatoms. The number of nitrogens with one attached hydrogen (secondary N) is 2. The number of rotatable bonds is 4. The Bertz CT molecular complexity index is 1170. The molecule has 0 aliphatic carbocycles. The highest BCUT2D eigenvalue weighted by Crippen LogP contribution is 2.32. The molecule has 0 saturated carbocycles. The Balaban J connectivity index is 1.28. The van der Waals surface area contributed by atoms with Crippen LogP contribution in [-0.2, 0) is 9.59 Å². The second-order valence-corrected chi connectivity index (χ2v) is 7.82. The van der Waals surface area contributed by atoms with Crippen molar-refractivity contribution < 1.29 is 14.4 Å². The maximum atomic E-state index is 12.8. The van der Waals surface area contributed by atoms with Gasteiger partial charge in [0.05, 0.1) is 11.6 Å². The van der Waals surface area contributed by atoms with Crippen molar-refractivity contribution in [2.45, 2.75) is 6.42 Å². The largest absolute Gasteiger partial charge is 0.336 e. The molecule has 4 amide bonds. The van der Waals surface area contributed by atoms with Crippen LogP contribution < -0.4 is 20.4 Å². The predicted molar refractivity (Wildman–Crippen MR) is 120 cm³/mol. The van der Waals surface area contributed by atoms with Crippen LogP contribution in [0, 0.1) is 5.92 Å². The van der Waals surface area contributed by atoms with E-state index in [0.717, 1.165) is 22.1 Å². The summed E-state index contributed by atoms with van der Waals surface area (Å²) < 4.78 is 0. The van der Waals surface area contributed by atoms with Crippen LogP contribution in [0.3, 0.4) is 0 Å². The van der Waals surface area contributed by atoms with E-state index in [9.17, 15) is 14.4 Å². The molecule has 2 fully saturated rings. The zero-order valence-electron chi connectivity index (χ0n) is 16.9. The molecule has 3 aromatic carbocycles. The third-order valence-corrected chi connectivity index (χ3v) is 5.86. The summed E-state index contributed by atoms with van der Waals surface area (Å²) in [7, 11) is 0. The number of urea groups is 1. The monoisotopic (exact) mass is 414 g/mol. The SMILES string of the molecule is O=C(Nc1ccc(N2CCNC2=O)cc1)C1CC(=O)N(c2cccc3ccccc23)C1. The summed E-state index contributed by atoms with van der Waals surface area (Å²) in [5.41, 5.74) is 2.27. The van der Waals surface area contributed by atoms with Gasteiger partial charge in [-0.25, -0.2) is 4.79 Å². The van der Waals surface area contributed by atoms with E-state index in [-0.39, 0.29) is 24.3 Å². The summed E-state index contributed by atoms with van der Waals surface area (Å²) >= 11 is 0. The van der Waals surface area contributed by atoms with Crippen LogP contribution in [0.1, 0.15) is 6.42 Å². The maximum absolute atomic E-state index is 12.8. The average Bonchev–Trinajstić information content (AvgIpc) is 3.39. The first kappa shape index (κ1) is 19.1. The number of nitrogens with zero attached hydrogens (tertiary/aromatic N) is 2. The summed E-state index contributed by atoms with van der Waals surface area (Å²) in [5.74, 6) is -0.648.